The van der Waals surface area contributed by atoms with Crippen molar-refractivity contribution in [3.63, 3.8) is 0 Å². The average molecular weight is 300 g/mol. The predicted octanol–water partition coefficient (Wildman–Crippen LogP) is 4.42. The first-order valence-electron chi connectivity index (χ1n) is 8.02. The molecule has 0 spiro atoms. The lowest BCUT2D eigenvalue weighted by Gasteiger charge is -2.27. The normalized spacial score (nSPS) is 18.0. The molecule has 1 fully saturated rings. The minimum atomic E-state index is 0.432. The first-order chi connectivity index (χ1) is 10.4. The van der Waals surface area contributed by atoms with Crippen molar-refractivity contribution < 1.29 is 0 Å². The van der Waals surface area contributed by atoms with Crippen LogP contribution in [0.1, 0.15) is 37.8 Å². The van der Waals surface area contributed by atoms with Gasteiger partial charge in [0.2, 0.25) is 0 Å². The summed E-state index contributed by atoms with van der Waals surface area (Å²) in [6.07, 6.45) is 8.01. The Morgan fingerprint density at radius 2 is 2.05 bits per heavy atom. The van der Waals surface area contributed by atoms with Gasteiger partial charge < -0.3 is 5.32 Å². The van der Waals surface area contributed by atoms with Gasteiger partial charge in [0.05, 0.1) is 0 Å². The Morgan fingerprint density at radius 3 is 2.86 bits per heavy atom. The van der Waals surface area contributed by atoms with Gasteiger partial charge >= 0.3 is 0 Å². The third-order valence-corrected chi connectivity index (χ3v) is 5.48. The van der Waals surface area contributed by atoms with E-state index >= 15 is 0 Å². The Kier molecular flexibility index (Phi) is 5.15. The lowest BCUT2D eigenvalue weighted by atomic mass is 9.89. The van der Waals surface area contributed by atoms with Crippen molar-refractivity contribution in [1.29, 1.82) is 0 Å². The van der Waals surface area contributed by atoms with E-state index in [0.29, 0.717) is 6.04 Å². The summed E-state index contributed by atoms with van der Waals surface area (Å²) >= 11 is 2.10. The highest BCUT2D eigenvalue weighted by Gasteiger charge is 2.21. The summed E-state index contributed by atoms with van der Waals surface area (Å²) in [5.41, 5.74) is 1.37. The number of fused-ring (bicyclic) bond motifs is 1. The standard InChI is InChI=1S/C18H24N2S/c1-2-20-18(11-14-7-9-21-10-8-14)17-13-19-12-15-5-3-4-6-16(15)17/h3-6,12-14,18,20H,2,7-11H2,1H3. The molecule has 2 aromatic rings. The van der Waals surface area contributed by atoms with E-state index in [1.807, 2.05) is 6.20 Å². The van der Waals surface area contributed by atoms with E-state index in [1.165, 1.54) is 47.1 Å². The summed E-state index contributed by atoms with van der Waals surface area (Å²) in [4.78, 5) is 4.46. The number of hydrogen-bond acceptors (Lipinski definition) is 3. The van der Waals surface area contributed by atoms with Gasteiger partial charge in [-0.25, -0.2) is 0 Å². The number of pyridine rings is 1. The van der Waals surface area contributed by atoms with Crippen LogP contribution in [0, 0.1) is 5.92 Å². The fraction of sp³-hybridized carbons (Fsp3) is 0.500. The minimum Gasteiger partial charge on any atom is -0.310 e. The molecule has 1 aromatic carbocycles. The molecule has 3 heteroatoms. The molecule has 2 nitrogen and oxygen atoms in total. The number of benzene rings is 1. The molecule has 0 aliphatic carbocycles. The van der Waals surface area contributed by atoms with Crippen LogP contribution in [0.5, 0.6) is 0 Å². The molecular weight excluding hydrogens is 276 g/mol. The number of thioether (sulfide) groups is 1. The van der Waals surface area contributed by atoms with E-state index in [2.05, 4.69) is 59.4 Å². The molecule has 0 radical (unpaired) electrons. The second-order valence-electron chi connectivity index (χ2n) is 5.85. The zero-order chi connectivity index (χ0) is 14.5. The summed E-state index contributed by atoms with van der Waals surface area (Å²) in [7, 11) is 0. The van der Waals surface area contributed by atoms with Crippen LogP contribution >= 0.6 is 11.8 Å². The first-order valence-corrected chi connectivity index (χ1v) is 9.17. The fourth-order valence-corrected chi connectivity index (χ4v) is 4.50. The van der Waals surface area contributed by atoms with Gasteiger partial charge in [0.1, 0.15) is 0 Å². The summed E-state index contributed by atoms with van der Waals surface area (Å²) < 4.78 is 0. The molecule has 1 saturated heterocycles. The maximum Gasteiger partial charge on any atom is 0.0346 e. The molecule has 0 bridgehead atoms. The van der Waals surface area contributed by atoms with Crippen LogP contribution in [0.4, 0.5) is 0 Å². The summed E-state index contributed by atoms with van der Waals surface area (Å²) in [6, 6.07) is 9.04. The second kappa shape index (κ2) is 7.28. The van der Waals surface area contributed by atoms with E-state index in [9.17, 15) is 0 Å². The smallest absolute Gasteiger partial charge is 0.0346 e. The quantitative estimate of drug-likeness (QED) is 0.885. The van der Waals surface area contributed by atoms with Gasteiger partial charge in [-0.15, -0.1) is 0 Å². The SMILES string of the molecule is CCNC(CC1CCSCC1)c1cncc2ccccc12. The van der Waals surface area contributed by atoms with Gasteiger partial charge in [-0.2, -0.15) is 11.8 Å². The monoisotopic (exact) mass is 300 g/mol. The van der Waals surface area contributed by atoms with E-state index in [1.54, 1.807) is 0 Å². The Bertz CT molecular complexity index is 573. The maximum absolute atomic E-state index is 4.46. The van der Waals surface area contributed by atoms with Crippen LogP contribution in [0.2, 0.25) is 0 Å². The second-order valence-corrected chi connectivity index (χ2v) is 7.08. The Hall–Kier alpha value is -1.06. The highest BCUT2D eigenvalue weighted by molar-refractivity contribution is 7.99. The fourth-order valence-electron chi connectivity index (χ4n) is 3.30. The molecule has 21 heavy (non-hydrogen) atoms. The largest absolute Gasteiger partial charge is 0.310 e. The predicted molar refractivity (Wildman–Crippen MR) is 92.8 cm³/mol. The van der Waals surface area contributed by atoms with Crippen LogP contribution in [0.25, 0.3) is 10.8 Å². The van der Waals surface area contributed by atoms with Gasteiger partial charge in [0.15, 0.2) is 0 Å². The van der Waals surface area contributed by atoms with Crippen molar-refractivity contribution >= 4 is 22.5 Å². The first kappa shape index (κ1) is 14.9. The summed E-state index contributed by atoms with van der Waals surface area (Å²) in [6.45, 7) is 3.21. The molecule has 112 valence electrons. The summed E-state index contributed by atoms with van der Waals surface area (Å²) in [5, 5.41) is 6.29. The van der Waals surface area contributed by atoms with Crippen molar-refractivity contribution in [2.24, 2.45) is 5.92 Å². The molecule has 1 unspecified atom stereocenters. The summed E-state index contributed by atoms with van der Waals surface area (Å²) in [5.74, 6) is 3.52. The van der Waals surface area contributed by atoms with Crippen molar-refractivity contribution in [2.45, 2.75) is 32.2 Å². The average Bonchev–Trinajstić information content (AvgIpc) is 2.55. The van der Waals surface area contributed by atoms with Crippen LogP contribution in [-0.4, -0.2) is 23.0 Å². The molecule has 1 atom stereocenters. The van der Waals surface area contributed by atoms with E-state index in [-0.39, 0.29) is 0 Å². The zero-order valence-corrected chi connectivity index (χ0v) is 13.5. The van der Waals surface area contributed by atoms with Gasteiger partial charge in [0.25, 0.3) is 0 Å². The molecule has 1 aliphatic heterocycles. The number of nitrogens with zero attached hydrogens (tertiary/aromatic N) is 1. The third-order valence-electron chi connectivity index (χ3n) is 4.43. The zero-order valence-electron chi connectivity index (χ0n) is 12.7. The number of aromatic nitrogens is 1. The highest BCUT2D eigenvalue weighted by atomic mass is 32.2. The van der Waals surface area contributed by atoms with Crippen molar-refractivity contribution in [3.05, 3.63) is 42.2 Å². The lowest BCUT2D eigenvalue weighted by molar-refractivity contribution is 0.375. The molecule has 1 aliphatic rings. The van der Waals surface area contributed by atoms with Crippen LogP contribution in [0.15, 0.2) is 36.7 Å². The Balaban J connectivity index is 1.87. The molecule has 0 amide bonds. The van der Waals surface area contributed by atoms with E-state index in [4.69, 9.17) is 0 Å². The van der Waals surface area contributed by atoms with Crippen LogP contribution < -0.4 is 5.32 Å². The van der Waals surface area contributed by atoms with Gasteiger partial charge in [0, 0.05) is 23.8 Å². The molecule has 1 aromatic heterocycles. The van der Waals surface area contributed by atoms with Gasteiger partial charge in [-0.1, -0.05) is 31.2 Å². The molecule has 2 heterocycles. The van der Waals surface area contributed by atoms with E-state index < -0.39 is 0 Å². The topological polar surface area (TPSA) is 24.9 Å². The van der Waals surface area contributed by atoms with Crippen molar-refractivity contribution in [3.8, 4) is 0 Å². The van der Waals surface area contributed by atoms with Gasteiger partial charge in [-0.3, -0.25) is 4.98 Å². The Labute approximate surface area is 131 Å². The lowest BCUT2D eigenvalue weighted by Crippen LogP contribution is -2.25. The Morgan fingerprint density at radius 1 is 1.24 bits per heavy atom. The number of hydrogen-bond donors (Lipinski definition) is 1. The number of nitrogens with one attached hydrogen (secondary N) is 1. The maximum atomic E-state index is 4.46. The van der Waals surface area contributed by atoms with Crippen molar-refractivity contribution in [2.75, 3.05) is 18.1 Å². The molecule has 1 N–H and O–H groups in total. The van der Waals surface area contributed by atoms with Gasteiger partial charge in [-0.05, 0) is 54.2 Å². The van der Waals surface area contributed by atoms with Crippen LogP contribution in [-0.2, 0) is 0 Å². The molecule has 3 rings (SSSR count). The number of rotatable bonds is 5. The van der Waals surface area contributed by atoms with E-state index in [0.717, 1.165) is 12.5 Å². The minimum absolute atomic E-state index is 0.432. The molecule has 0 saturated carbocycles. The van der Waals surface area contributed by atoms with Crippen LogP contribution in [0.3, 0.4) is 0 Å². The molecular formula is C18H24N2S. The van der Waals surface area contributed by atoms with Crippen molar-refractivity contribution in [1.82, 2.24) is 10.3 Å². The third kappa shape index (κ3) is 3.58. The highest BCUT2D eigenvalue weighted by Crippen LogP contribution is 2.33.